The summed E-state index contributed by atoms with van der Waals surface area (Å²) >= 11 is 1.31. The van der Waals surface area contributed by atoms with Crippen molar-refractivity contribution in [2.45, 2.75) is 5.16 Å². The number of nitriles is 1. The van der Waals surface area contributed by atoms with E-state index in [4.69, 9.17) is 14.7 Å². The summed E-state index contributed by atoms with van der Waals surface area (Å²) in [5, 5.41) is 13.9. The topological polar surface area (TPSA) is 73.0 Å². The van der Waals surface area contributed by atoms with Gasteiger partial charge in [-0.25, -0.2) is 9.67 Å². The molecule has 0 saturated heterocycles. The van der Waals surface area contributed by atoms with Gasteiger partial charge in [-0.15, -0.1) is 5.10 Å². The van der Waals surface area contributed by atoms with E-state index < -0.39 is 0 Å². The van der Waals surface area contributed by atoms with Crippen LogP contribution < -0.4 is 9.47 Å². The van der Waals surface area contributed by atoms with Crippen LogP contribution in [0.1, 0.15) is 0 Å². The van der Waals surface area contributed by atoms with Gasteiger partial charge in [0.25, 0.3) is 0 Å². The maximum absolute atomic E-state index is 8.79. The van der Waals surface area contributed by atoms with Gasteiger partial charge in [-0.2, -0.15) is 5.26 Å². The van der Waals surface area contributed by atoms with Crippen LogP contribution in [0.15, 0.2) is 53.7 Å². The minimum absolute atomic E-state index is 0.300. The summed E-state index contributed by atoms with van der Waals surface area (Å²) in [4.78, 5) is 4.58. The highest BCUT2D eigenvalue weighted by atomic mass is 32.2. The zero-order valence-electron chi connectivity index (χ0n) is 13.8. The van der Waals surface area contributed by atoms with Crippen LogP contribution in [-0.2, 0) is 0 Å². The molecule has 0 bridgehead atoms. The van der Waals surface area contributed by atoms with Gasteiger partial charge in [0.15, 0.2) is 5.82 Å². The summed E-state index contributed by atoms with van der Waals surface area (Å²) in [6.07, 6.45) is 0. The molecule has 0 aliphatic rings. The summed E-state index contributed by atoms with van der Waals surface area (Å²) in [5.74, 6) is 2.55. The van der Waals surface area contributed by atoms with Crippen LogP contribution in [0.2, 0.25) is 0 Å². The average Bonchev–Trinajstić information content (AvgIpc) is 3.10. The molecule has 3 aromatic rings. The van der Waals surface area contributed by atoms with Crippen molar-refractivity contribution < 1.29 is 9.47 Å². The van der Waals surface area contributed by atoms with Gasteiger partial charge >= 0.3 is 0 Å². The minimum Gasteiger partial charge on any atom is -0.497 e. The predicted molar refractivity (Wildman–Crippen MR) is 96.2 cm³/mol. The molecule has 126 valence electrons. The Morgan fingerprint density at radius 3 is 2.16 bits per heavy atom. The highest BCUT2D eigenvalue weighted by Crippen LogP contribution is 2.27. The lowest BCUT2D eigenvalue weighted by atomic mass is 10.2. The van der Waals surface area contributed by atoms with Crippen molar-refractivity contribution in [3.05, 3.63) is 48.5 Å². The number of ether oxygens (including phenoxy) is 2. The first-order valence-electron chi connectivity index (χ1n) is 7.51. The molecule has 0 aliphatic carbocycles. The summed E-state index contributed by atoms with van der Waals surface area (Å²) in [6, 6.07) is 17.3. The van der Waals surface area contributed by atoms with Gasteiger partial charge in [0.1, 0.15) is 11.5 Å². The quantitative estimate of drug-likeness (QED) is 0.632. The van der Waals surface area contributed by atoms with Gasteiger partial charge < -0.3 is 9.47 Å². The fraction of sp³-hybridized carbons (Fsp3) is 0.167. The lowest BCUT2D eigenvalue weighted by Gasteiger charge is -2.07. The summed E-state index contributed by atoms with van der Waals surface area (Å²) in [7, 11) is 3.26. The molecule has 0 amide bonds. The molecule has 1 heterocycles. The highest BCUT2D eigenvalue weighted by molar-refractivity contribution is 7.99. The van der Waals surface area contributed by atoms with Gasteiger partial charge in [-0.1, -0.05) is 11.8 Å². The molecule has 2 aromatic carbocycles. The Labute approximate surface area is 150 Å². The molecule has 25 heavy (non-hydrogen) atoms. The molecule has 0 spiro atoms. The fourth-order valence-corrected chi connectivity index (χ4v) is 2.77. The van der Waals surface area contributed by atoms with E-state index in [0.717, 1.165) is 22.7 Å². The summed E-state index contributed by atoms with van der Waals surface area (Å²) < 4.78 is 12.2. The molecular formula is C18H16N4O2S. The first kappa shape index (κ1) is 16.9. The molecular weight excluding hydrogens is 336 g/mol. The van der Waals surface area contributed by atoms with Crippen molar-refractivity contribution in [2.24, 2.45) is 0 Å². The van der Waals surface area contributed by atoms with Crippen molar-refractivity contribution in [1.82, 2.24) is 14.8 Å². The Balaban J connectivity index is 2.04. The van der Waals surface area contributed by atoms with E-state index in [1.54, 1.807) is 18.9 Å². The number of thioether (sulfide) groups is 1. The van der Waals surface area contributed by atoms with E-state index >= 15 is 0 Å². The fourth-order valence-electron chi connectivity index (χ4n) is 2.28. The standard InChI is InChI=1S/C18H16N4O2S/c1-23-15-7-3-13(4-8-15)17-20-18(25-12-11-19)21-22(17)14-5-9-16(24-2)10-6-14/h3-10H,12H2,1-2H3. The third-order valence-corrected chi connectivity index (χ3v) is 4.22. The van der Waals surface area contributed by atoms with E-state index in [0.29, 0.717) is 16.7 Å². The van der Waals surface area contributed by atoms with Crippen molar-refractivity contribution in [3.8, 4) is 34.6 Å². The van der Waals surface area contributed by atoms with Crippen molar-refractivity contribution in [2.75, 3.05) is 20.0 Å². The number of hydrogen-bond acceptors (Lipinski definition) is 6. The number of methoxy groups -OCH3 is 2. The molecule has 0 radical (unpaired) electrons. The lowest BCUT2D eigenvalue weighted by Crippen LogP contribution is -1.99. The van der Waals surface area contributed by atoms with Crippen molar-refractivity contribution in [1.29, 1.82) is 5.26 Å². The van der Waals surface area contributed by atoms with Gasteiger partial charge in [-0.05, 0) is 48.5 Å². The zero-order valence-corrected chi connectivity index (χ0v) is 14.7. The SMILES string of the molecule is COc1ccc(-c2nc(SCC#N)nn2-c2ccc(OC)cc2)cc1. The van der Waals surface area contributed by atoms with Crippen molar-refractivity contribution >= 4 is 11.8 Å². The van der Waals surface area contributed by atoms with Gasteiger partial charge in [0, 0.05) is 5.56 Å². The number of hydrogen-bond donors (Lipinski definition) is 0. The molecule has 1 aromatic heterocycles. The van der Waals surface area contributed by atoms with Crippen molar-refractivity contribution in [3.63, 3.8) is 0 Å². The van der Waals surface area contributed by atoms with Crippen LogP contribution >= 0.6 is 11.8 Å². The Hall–Kier alpha value is -2.98. The predicted octanol–water partition coefficient (Wildman–Crippen LogP) is 3.57. The molecule has 6 nitrogen and oxygen atoms in total. The lowest BCUT2D eigenvalue weighted by molar-refractivity contribution is 0.414. The summed E-state index contributed by atoms with van der Waals surface area (Å²) in [5.41, 5.74) is 1.77. The highest BCUT2D eigenvalue weighted by Gasteiger charge is 2.14. The van der Waals surface area contributed by atoms with Crippen LogP contribution in [0.5, 0.6) is 11.5 Å². The number of aromatic nitrogens is 3. The van der Waals surface area contributed by atoms with Gasteiger partial charge in [-0.3, -0.25) is 0 Å². The molecule has 0 aliphatic heterocycles. The van der Waals surface area contributed by atoms with E-state index in [9.17, 15) is 0 Å². The largest absolute Gasteiger partial charge is 0.497 e. The minimum atomic E-state index is 0.300. The maximum Gasteiger partial charge on any atom is 0.210 e. The molecule has 7 heteroatoms. The Bertz CT molecular complexity index is 818. The first-order chi connectivity index (χ1) is 12.2. The van der Waals surface area contributed by atoms with E-state index in [1.807, 2.05) is 48.5 Å². The van der Waals surface area contributed by atoms with Crippen LogP contribution in [0, 0.1) is 11.3 Å². The number of benzene rings is 2. The van der Waals surface area contributed by atoms with E-state index in [2.05, 4.69) is 16.2 Å². The Morgan fingerprint density at radius 1 is 1.00 bits per heavy atom. The van der Waals surface area contributed by atoms with Gasteiger partial charge in [0.05, 0.1) is 31.7 Å². The molecule has 3 rings (SSSR count). The second-order valence-electron chi connectivity index (χ2n) is 5.00. The molecule has 0 atom stereocenters. The smallest absolute Gasteiger partial charge is 0.210 e. The second kappa shape index (κ2) is 7.73. The van der Waals surface area contributed by atoms with E-state index in [1.165, 1.54) is 11.8 Å². The zero-order chi connectivity index (χ0) is 17.6. The second-order valence-corrected chi connectivity index (χ2v) is 5.95. The Kier molecular flexibility index (Phi) is 5.21. The molecule has 0 fully saturated rings. The molecule has 0 unspecified atom stereocenters. The number of rotatable bonds is 6. The number of nitrogens with zero attached hydrogens (tertiary/aromatic N) is 4. The maximum atomic E-state index is 8.79. The normalized spacial score (nSPS) is 10.3. The van der Waals surface area contributed by atoms with Crippen LogP contribution in [0.25, 0.3) is 17.1 Å². The molecule has 0 N–H and O–H groups in total. The monoisotopic (exact) mass is 352 g/mol. The van der Waals surface area contributed by atoms with Gasteiger partial charge in [0.2, 0.25) is 5.16 Å². The van der Waals surface area contributed by atoms with Crippen LogP contribution in [0.4, 0.5) is 0 Å². The van der Waals surface area contributed by atoms with E-state index in [-0.39, 0.29) is 0 Å². The van der Waals surface area contributed by atoms with Crippen LogP contribution in [0.3, 0.4) is 0 Å². The third kappa shape index (κ3) is 3.75. The van der Waals surface area contributed by atoms with Crippen LogP contribution in [-0.4, -0.2) is 34.7 Å². The first-order valence-corrected chi connectivity index (χ1v) is 8.49. The third-order valence-electron chi connectivity index (χ3n) is 3.52. The Morgan fingerprint density at radius 2 is 1.60 bits per heavy atom. The molecule has 0 saturated carbocycles. The summed E-state index contributed by atoms with van der Waals surface area (Å²) in [6.45, 7) is 0. The average molecular weight is 352 g/mol.